The maximum absolute atomic E-state index is 12.3. The molecule has 0 aliphatic carbocycles. The lowest BCUT2D eigenvalue weighted by Crippen LogP contribution is -2.38. The second kappa shape index (κ2) is 5.02. The molecule has 0 radical (unpaired) electrons. The Morgan fingerprint density at radius 2 is 2.14 bits per heavy atom. The van der Waals surface area contributed by atoms with Gasteiger partial charge < -0.3 is 19.8 Å². The number of benzene rings is 1. The minimum absolute atomic E-state index is 0.0729. The van der Waals surface area contributed by atoms with Crippen molar-refractivity contribution in [1.29, 1.82) is 0 Å². The molecule has 106 valence electrons. The van der Waals surface area contributed by atoms with Crippen LogP contribution < -0.4 is 10.0 Å². The molecule has 0 atom stereocenters. The number of hydrogen-bond donors (Lipinski definition) is 1. The van der Waals surface area contributed by atoms with Crippen molar-refractivity contribution in [2.75, 3.05) is 11.9 Å². The van der Waals surface area contributed by atoms with E-state index in [4.69, 9.17) is 0 Å². The van der Waals surface area contributed by atoms with Gasteiger partial charge in [0.2, 0.25) is 11.7 Å². The summed E-state index contributed by atoms with van der Waals surface area (Å²) in [7, 11) is 1.34. The zero-order valence-electron chi connectivity index (χ0n) is 11.0. The van der Waals surface area contributed by atoms with E-state index < -0.39 is 6.09 Å². The number of imidazole rings is 1. The second-order valence-electron chi connectivity index (χ2n) is 4.42. The largest absolute Gasteiger partial charge is 0.530 e. The Labute approximate surface area is 123 Å². The average molecular weight is 300 g/mol. The van der Waals surface area contributed by atoms with Gasteiger partial charge in [-0.2, -0.15) is 0 Å². The Bertz CT molecular complexity index is 823. The lowest BCUT2D eigenvalue weighted by Gasteiger charge is -2.15. The van der Waals surface area contributed by atoms with Gasteiger partial charge >= 0.3 is 0 Å². The van der Waals surface area contributed by atoms with E-state index in [-0.39, 0.29) is 11.7 Å². The number of fused-ring (bicyclic) bond motifs is 1. The highest BCUT2D eigenvalue weighted by Crippen LogP contribution is 2.21. The SMILES string of the molecule is CN(C(=O)[O-])c1nc2ccc(C(=O)c3cccs3)cc2[nH]1. The van der Waals surface area contributed by atoms with Crippen molar-refractivity contribution in [2.24, 2.45) is 0 Å². The number of aromatic amines is 1. The zero-order valence-corrected chi connectivity index (χ0v) is 11.8. The summed E-state index contributed by atoms with van der Waals surface area (Å²) in [5, 5.41) is 12.7. The first kappa shape index (κ1) is 13.3. The van der Waals surface area contributed by atoms with E-state index in [2.05, 4.69) is 9.97 Å². The van der Waals surface area contributed by atoms with Crippen LogP contribution in [0.15, 0.2) is 35.7 Å². The fourth-order valence-corrected chi connectivity index (χ4v) is 2.62. The fraction of sp³-hybridized carbons (Fsp3) is 0.0714. The number of carbonyl (C=O) groups excluding carboxylic acids is 2. The molecule has 3 aromatic rings. The molecule has 0 aliphatic rings. The monoisotopic (exact) mass is 300 g/mol. The van der Waals surface area contributed by atoms with Crippen LogP contribution in [-0.4, -0.2) is 28.9 Å². The number of nitrogens with zero attached hydrogens (tertiary/aromatic N) is 2. The molecule has 0 spiro atoms. The van der Waals surface area contributed by atoms with Crippen LogP contribution in [0.1, 0.15) is 15.2 Å². The van der Waals surface area contributed by atoms with Crippen molar-refractivity contribution in [2.45, 2.75) is 0 Å². The molecular formula is C14H10N3O3S-. The van der Waals surface area contributed by atoms with Crippen LogP contribution >= 0.6 is 11.3 Å². The van der Waals surface area contributed by atoms with Gasteiger partial charge in [-0.25, -0.2) is 4.98 Å². The van der Waals surface area contributed by atoms with Gasteiger partial charge in [0.15, 0.2) is 0 Å². The number of hydrogen-bond acceptors (Lipinski definition) is 5. The van der Waals surface area contributed by atoms with E-state index in [1.165, 1.54) is 18.4 Å². The lowest BCUT2D eigenvalue weighted by atomic mass is 10.1. The Morgan fingerprint density at radius 3 is 2.81 bits per heavy atom. The number of aromatic nitrogens is 2. The molecule has 1 aromatic carbocycles. The van der Waals surface area contributed by atoms with Crippen LogP contribution in [0.3, 0.4) is 0 Å². The minimum atomic E-state index is -1.36. The van der Waals surface area contributed by atoms with Crippen molar-refractivity contribution < 1.29 is 14.7 Å². The van der Waals surface area contributed by atoms with Crippen molar-refractivity contribution in [3.8, 4) is 0 Å². The van der Waals surface area contributed by atoms with E-state index in [1.807, 2.05) is 11.4 Å². The summed E-state index contributed by atoms with van der Waals surface area (Å²) >= 11 is 1.38. The Morgan fingerprint density at radius 1 is 1.33 bits per heavy atom. The minimum Gasteiger partial charge on any atom is -0.530 e. The van der Waals surface area contributed by atoms with E-state index >= 15 is 0 Å². The maximum Gasteiger partial charge on any atom is 0.209 e. The number of amides is 1. The van der Waals surface area contributed by atoms with Crippen LogP contribution in [-0.2, 0) is 0 Å². The predicted octanol–water partition coefficient (Wildman–Crippen LogP) is 1.63. The average Bonchev–Trinajstić information content (AvgIpc) is 3.13. The third kappa shape index (κ3) is 2.38. The summed E-state index contributed by atoms with van der Waals surface area (Å²) < 4.78 is 0. The third-order valence-corrected chi connectivity index (χ3v) is 3.94. The van der Waals surface area contributed by atoms with Gasteiger partial charge in [0.25, 0.3) is 0 Å². The van der Waals surface area contributed by atoms with E-state index in [0.717, 1.165) is 4.90 Å². The highest BCUT2D eigenvalue weighted by Gasteiger charge is 2.13. The van der Waals surface area contributed by atoms with E-state index in [1.54, 1.807) is 24.3 Å². The van der Waals surface area contributed by atoms with Crippen LogP contribution in [0.5, 0.6) is 0 Å². The second-order valence-corrected chi connectivity index (χ2v) is 5.37. The number of carboxylic acid groups (broad SMARTS) is 1. The summed E-state index contributed by atoms with van der Waals surface area (Å²) in [6.07, 6.45) is -1.36. The molecule has 0 unspecified atom stereocenters. The van der Waals surface area contributed by atoms with Crippen molar-refractivity contribution in [3.05, 3.63) is 46.2 Å². The molecule has 6 nitrogen and oxygen atoms in total. The van der Waals surface area contributed by atoms with Crippen LogP contribution in [0.25, 0.3) is 11.0 Å². The summed E-state index contributed by atoms with van der Waals surface area (Å²) in [5.74, 6) is 0.0852. The third-order valence-electron chi connectivity index (χ3n) is 3.07. The van der Waals surface area contributed by atoms with E-state index in [0.29, 0.717) is 21.5 Å². The maximum atomic E-state index is 12.3. The molecule has 21 heavy (non-hydrogen) atoms. The highest BCUT2D eigenvalue weighted by molar-refractivity contribution is 7.12. The standard InChI is InChI=1S/C14H11N3O3S/c1-17(14(19)20)13-15-9-5-4-8(7-10(9)16-13)12(18)11-3-2-6-21-11/h2-7H,1H3,(H,15,16)(H,19,20)/p-1. The van der Waals surface area contributed by atoms with Crippen LogP contribution in [0.4, 0.5) is 10.7 Å². The summed E-state index contributed by atoms with van der Waals surface area (Å²) in [6, 6.07) is 8.60. The fourth-order valence-electron chi connectivity index (χ4n) is 1.93. The van der Waals surface area contributed by atoms with Gasteiger partial charge in [0, 0.05) is 12.6 Å². The Balaban J connectivity index is 2.00. The molecule has 2 heterocycles. The van der Waals surface area contributed by atoms with Gasteiger partial charge in [0.1, 0.15) is 6.09 Å². The molecular weight excluding hydrogens is 290 g/mol. The lowest BCUT2D eigenvalue weighted by molar-refractivity contribution is -0.246. The normalized spacial score (nSPS) is 10.7. The number of anilines is 1. The van der Waals surface area contributed by atoms with Gasteiger partial charge in [-0.15, -0.1) is 11.3 Å². The number of carbonyl (C=O) groups is 2. The van der Waals surface area contributed by atoms with E-state index in [9.17, 15) is 14.7 Å². The van der Waals surface area contributed by atoms with Crippen molar-refractivity contribution in [3.63, 3.8) is 0 Å². The molecule has 1 N–H and O–H groups in total. The number of rotatable bonds is 3. The van der Waals surface area contributed by atoms with Gasteiger partial charge in [-0.05, 0) is 29.6 Å². The number of ketones is 1. The first-order valence-electron chi connectivity index (χ1n) is 6.09. The molecule has 0 saturated heterocycles. The van der Waals surface area contributed by atoms with Crippen molar-refractivity contribution in [1.82, 2.24) is 9.97 Å². The van der Waals surface area contributed by atoms with Crippen LogP contribution in [0, 0.1) is 0 Å². The van der Waals surface area contributed by atoms with Gasteiger partial charge in [-0.3, -0.25) is 4.79 Å². The zero-order chi connectivity index (χ0) is 15.0. The van der Waals surface area contributed by atoms with Crippen molar-refractivity contribution >= 4 is 40.2 Å². The molecule has 0 saturated carbocycles. The quantitative estimate of drug-likeness (QED) is 0.745. The summed E-state index contributed by atoms with van der Waals surface area (Å²) in [4.78, 5) is 31.6. The molecule has 0 aliphatic heterocycles. The molecule has 2 aromatic heterocycles. The summed E-state index contributed by atoms with van der Waals surface area (Å²) in [6.45, 7) is 0. The predicted molar refractivity (Wildman–Crippen MR) is 77.6 cm³/mol. The van der Waals surface area contributed by atoms with Gasteiger partial charge in [-0.1, -0.05) is 6.07 Å². The molecule has 1 amide bonds. The molecule has 7 heteroatoms. The first-order valence-corrected chi connectivity index (χ1v) is 6.97. The molecule has 0 fully saturated rings. The molecule has 0 bridgehead atoms. The smallest absolute Gasteiger partial charge is 0.209 e. The number of H-pyrrole nitrogens is 1. The highest BCUT2D eigenvalue weighted by atomic mass is 32.1. The summed E-state index contributed by atoms with van der Waals surface area (Å²) in [5.41, 5.74) is 1.71. The Kier molecular flexibility index (Phi) is 3.19. The topological polar surface area (TPSA) is 89.1 Å². The van der Waals surface area contributed by atoms with Gasteiger partial charge in [0.05, 0.1) is 15.9 Å². The Hall–Kier alpha value is -2.67. The molecule has 3 rings (SSSR count). The number of nitrogens with one attached hydrogen (secondary N) is 1. The van der Waals surface area contributed by atoms with Crippen LogP contribution in [0.2, 0.25) is 0 Å². The number of thiophene rings is 1. The first-order chi connectivity index (χ1) is 10.1.